The molecule has 0 unspecified atom stereocenters. The van der Waals surface area contributed by atoms with Gasteiger partial charge in [-0.15, -0.1) is 5.10 Å². The molecule has 2 aromatic heterocycles. The number of carbonyl (C=O) groups excluding carboxylic acids is 1. The Morgan fingerprint density at radius 1 is 1.53 bits per heavy atom. The maximum atomic E-state index is 11.8. The number of esters is 1. The van der Waals surface area contributed by atoms with Crippen molar-refractivity contribution < 1.29 is 9.53 Å². The van der Waals surface area contributed by atoms with E-state index in [1.165, 1.54) is 16.9 Å². The summed E-state index contributed by atoms with van der Waals surface area (Å²) in [4.78, 5) is 23.3. The first-order valence-electron chi connectivity index (χ1n) is 5.72. The van der Waals surface area contributed by atoms with Gasteiger partial charge in [-0.2, -0.15) is 5.10 Å². The summed E-state index contributed by atoms with van der Waals surface area (Å²) in [5.41, 5.74) is 0.764. The molecule has 0 radical (unpaired) electrons. The van der Waals surface area contributed by atoms with Crippen LogP contribution < -0.4 is 5.43 Å². The summed E-state index contributed by atoms with van der Waals surface area (Å²) in [7, 11) is 0. The molecule has 0 fully saturated rings. The first-order chi connectivity index (χ1) is 9.11. The molecule has 0 aliphatic carbocycles. The van der Waals surface area contributed by atoms with E-state index in [4.69, 9.17) is 4.74 Å². The lowest BCUT2D eigenvalue weighted by Crippen LogP contribution is -2.18. The van der Waals surface area contributed by atoms with Gasteiger partial charge in [0, 0.05) is 18.3 Å². The fourth-order valence-corrected chi connectivity index (χ4v) is 1.48. The van der Waals surface area contributed by atoms with E-state index in [0.29, 0.717) is 12.2 Å². The summed E-state index contributed by atoms with van der Waals surface area (Å²) in [6.45, 7) is 3.87. The second-order valence-electron chi connectivity index (χ2n) is 3.87. The molecule has 2 rings (SSSR count). The molecular formula is C11H13N5O3. The van der Waals surface area contributed by atoms with Gasteiger partial charge in [-0.25, -0.2) is 9.48 Å². The molecule has 8 nitrogen and oxygen atoms in total. The lowest BCUT2D eigenvalue weighted by Gasteiger charge is -2.04. The van der Waals surface area contributed by atoms with Gasteiger partial charge >= 0.3 is 5.97 Å². The average Bonchev–Trinajstić information content (AvgIpc) is 2.85. The largest absolute Gasteiger partial charge is 0.454 e. The molecule has 2 heterocycles. The molecule has 8 heteroatoms. The fraction of sp³-hybridized carbons (Fsp3) is 0.364. The molecule has 0 saturated heterocycles. The summed E-state index contributed by atoms with van der Waals surface area (Å²) >= 11 is 0. The first kappa shape index (κ1) is 12.9. The van der Waals surface area contributed by atoms with Gasteiger partial charge in [-0.1, -0.05) is 5.21 Å². The number of carbonyl (C=O) groups is 1. The van der Waals surface area contributed by atoms with Crippen LogP contribution in [0, 0.1) is 6.92 Å². The topological polar surface area (TPSA) is 103 Å². The Morgan fingerprint density at radius 2 is 2.32 bits per heavy atom. The normalized spacial score (nSPS) is 10.4. The number of aromatic amines is 1. The minimum absolute atomic E-state index is 0.148. The molecule has 100 valence electrons. The van der Waals surface area contributed by atoms with Gasteiger partial charge in [0.2, 0.25) is 5.43 Å². The van der Waals surface area contributed by atoms with Crippen LogP contribution in [-0.4, -0.2) is 31.2 Å². The van der Waals surface area contributed by atoms with E-state index in [-0.39, 0.29) is 23.4 Å². The molecule has 0 aliphatic heterocycles. The van der Waals surface area contributed by atoms with Crippen LogP contribution in [-0.2, 0) is 17.9 Å². The summed E-state index contributed by atoms with van der Waals surface area (Å²) in [6.07, 6.45) is 1.32. The third-order valence-electron chi connectivity index (χ3n) is 2.47. The Hall–Kier alpha value is -2.51. The number of hydrogen-bond acceptors (Lipinski definition) is 6. The van der Waals surface area contributed by atoms with E-state index in [1.807, 2.05) is 6.92 Å². The number of hydrogen-bond donors (Lipinski definition) is 1. The third kappa shape index (κ3) is 2.84. The minimum atomic E-state index is -0.589. The van der Waals surface area contributed by atoms with E-state index in [9.17, 15) is 9.59 Å². The van der Waals surface area contributed by atoms with Crippen molar-refractivity contribution >= 4 is 5.97 Å². The van der Waals surface area contributed by atoms with E-state index in [2.05, 4.69) is 20.5 Å². The molecule has 0 aliphatic rings. The molecule has 0 amide bonds. The molecule has 0 atom stereocenters. The van der Waals surface area contributed by atoms with Crippen molar-refractivity contribution in [3.8, 4) is 0 Å². The number of nitrogens with one attached hydrogen (secondary N) is 1. The van der Waals surface area contributed by atoms with Crippen LogP contribution in [0.15, 0.2) is 17.1 Å². The quantitative estimate of drug-likeness (QED) is 0.781. The first-order valence-corrected chi connectivity index (χ1v) is 5.72. The molecule has 2 aromatic rings. The van der Waals surface area contributed by atoms with Gasteiger partial charge in [0.1, 0.15) is 12.3 Å². The van der Waals surface area contributed by atoms with Crippen LogP contribution >= 0.6 is 0 Å². The molecule has 0 spiro atoms. The van der Waals surface area contributed by atoms with Crippen LogP contribution in [0.4, 0.5) is 0 Å². The Labute approximate surface area is 108 Å². The number of aryl methyl sites for hydroxylation is 2. The highest BCUT2D eigenvalue weighted by molar-refractivity contribution is 5.87. The second kappa shape index (κ2) is 5.42. The van der Waals surface area contributed by atoms with Gasteiger partial charge < -0.3 is 4.74 Å². The van der Waals surface area contributed by atoms with Crippen LogP contribution in [0.3, 0.4) is 0 Å². The zero-order valence-corrected chi connectivity index (χ0v) is 10.6. The predicted molar refractivity (Wildman–Crippen MR) is 64.4 cm³/mol. The molecule has 0 saturated carbocycles. The van der Waals surface area contributed by atoms with Crippen molar-refractivity contribution in [1.29, 1.82) is 0 Å². The molecule has 0 bridgehead atoms. The molecular weight excluding hydrogens is 250 g/mol. The van der Waals surface area contributed by atoms with Crippen molar-refractivity contribution in [3.05, 3.63) is 39.6 Å². The van der Waals surface area contributed by atoms with Gasteiger partial charge in [-0.05, 0) is 13.8 Å². The SMILES string of the molecule is CCn1nncc1C(=O)OCc1n[nH]c(C)cc1=O. The van der Waals surface area contributed by atoms with Crippen molar-refractivity contribution in [1.82, 2.24) is 25.2 Å². The van der Waals surface area contributed by atoms with Gasteiger partial charge in [0.05, 0.1) is 6.20 Å². The van der Waals surface area contributed by atoms with Gasteiger partial charge in [-0.3, -0.25) is 9.89 Å². The maximum Gasteiger partial charge on any atom is 0.358 e. The van der Waals surface area contributed by atoms with Crippen molar-refractivity contribution in [2.24, 2.45) is 0 Å². The summed E-state index contributed by atoms with van der Waals surface area (Å²) in [5, 5.41) is 13.8. The van der Waals surface area contributed by atoms with E-state index in [1.54, 1.807) is 6.92 Å². The highest BCUT2D eigenvalue weighted by Gasteiger charge is 2.15. The number of nitrogens with zero attached hydrogens (tertiary/aromatic N) is 4. The monoisotopic (exact) mass is 263 g/mol. The van der Waals surface area contributed by atoms with Crippen molar-refractivity contribution in [2.45, 2.75) is 27.0 Å². The highest BCUT2D eigenvalue weighted by atomic mass is 16.5. The highest BCUT2D eigenvalue weighted by Crippen LogP contribution is 2.01. The van der Waals surface area contributed by atoms with Crippen LogP contribution in [0.25, 0.3) is 0 Å². The lowest BCUT2D eigenvalue weighted by atomic mass is 10.3. The zero-order chi connectivity index (χ0) is 13.8. The van der Waals surface area contributed by atoms with Crippen LogP contribution in [0.1, 0.15) is 28.8 Å². The fourth-order valence-electron chi connectivity index (χ4n) is 1.48. The number of aromatic nitrogens is 5. The summed E-state index contributed by atoms with van der Waals surface area (Å²) in [5.74, 6) is -0.589. The van der Waals surface area contributed by atoms with E-state index in [0.717, 1.165) is 0 Å². The number of H-pyrrole nitrogens is 1. The Bertz CT molecular complexity index is 646. The summed E-state index contributed by atoms with van der Waals surface area (Å²) < 4.78 is 6.43. The van der Waals surface area contributed by atoms with E-state index >= 15 is 0 Å². The number of ether oxygens (including phenoxy) is 1. The second-order valence-corrected chi connectivity index (χ2v) is 3.87. The van der Waals surface area contributed by atoms with Gasteiger partial charge in [0.15, 0.2) is 5.69 Å². The lowest BCUT2D eigenvalue weighted by molar-refractivity contribution is 0.0451. The zero-order valence-electron chi connectivity index (χ0n) is 10.6. The van der Waals surface area contributed by atoms with Crippen molar-refractivity contribution in [3.63, 3.8) is 0 Å². The molecule has 1 N–H and O–H groups in total. The minimum Gasteiger partial charge on any atom is -0.454 e. The Morgan fingerprint density at radius 3 is 3.00 bits per heavy atom. The average molecular weight is 263 g/mol. The van der Waals surface area contributed by atoms with Crippen LogP contribution in [0.2, 0.25) is 0 Å². The third-order valence-corrected chi connectivity index (χ3v) is 2.47. The van der Waals surface area contributed by atoms with E-state index < -0.39 is 5.97 Å². The number of rotatable bonds is 4. The van der Waals surface area contributed by atoms with Crippen LogP contribution in [0.5, 0.6) is 0 Å². The smallest absolute Gasteiger partial charge is 0.358 e. The standard InChI is InChI=1S/C11H13N5O3/c1-3-16-9(5-12-15-16)11(18)19-6-8-10(17)4-7(2)13-14-8/h4-5H,3,6H2,1-2H3,(H,13,17). The Balaban J connectivity index is 2.06. The Kier molecular flexibility index (Phi) is 3.69. The molecule has 0 aromatic carbocycles. The molecule has 19 heavy (non-hydrogen) atoms. The maximum absolute atomic E-state index is 11.8. The van der Waals surface area contributed by atoms with Gasteiger partial charge in [0.25, 0.3) is 0 Å². The predicted octanol–water partition coefficient (Wildman–Crippen LogP) is 0.0467. The summed E-state index contributed by atoms with van der Waals surface area (Å²) in [6, 6.07) is 1.40. The van der Waals surface area contributed by atoms with Crippen molar-refractivity contribution in [2.75, 3.05) is 0 Å².